The number of aromatic nitrogens is 3. The summed E-state index contributed by atoms with van der Waals surface area (Å²) in [6.45, 7) is -0.628. The van der Waals surface area contributed by atoms with Crippen LogP contribution in [0.4, 0.5) is 13.2 Å². The molecule has 6 aliphatic carbocycles. The molecule has 3 aromatic heterocycles. The predicted molar refractivity (Wildman–Crippen MR) is 251 cm³/mol. The molecule has 24 heteroatoms. The number of nitrogens with zero attached hydrogens (tertiary/aromatic N) is 5. The van der Waals surface area contributed by atoms with Crippen LogP contribution >= 0.6 is 0 Å². The molecule has 6 saturated carbocycles. The van der Waals surface area contributed by atoms with Gasteiger partial charge in [0, 0.05) is 56.9 Å². The number of aromatic hydroxyl groups is 1. The quantitative estimate of drug-likeness (QED) is 0.194. The van der Waals surface area contributed by atoms with Crippen molar-refractivity contribution in [1.29, 1.82) is 0 Å². The zero-order valence-corrected chi connectivity index (χ0v) is 40.9. The van der Waals surface area contributed by atoms with Crippen LogP contribution < -0.4 is 36.4 Å². The first kappa shape index (κ1) is 49.3. The van der Waals surface area contributed by atoms with Crippen molar-refractivity contribution in [2.24, 2.45) is 35.5 Å². The molecule has 0 spiro atoms. The number of fused-ring (bicyclic) bond motifs is 15. The zero-order chi connectivity index (χ0) is 53.5. The largest absolute Gasteiger partial charge is 0.503 e. The summed E-state index contributed by atoms with van der Waals surface area (Å²) in [4.78, 5) is 114. The van der Waals surface area contributed by atoms with Crippen LogP contribution in [-0.4, -0.2) is 123 Å². The number of aromatic carboxylic acids is 1. The number of halogens is 3. The van der Waals surface area contributed by atoms with Gasteiger partial charge in [0.1, 0.15) is 34.1 Å². The summed E-state index contributed by atoms with van der Waals surface area (Å²) in [5.41, 5.74) is -3.63. The van der Waals surface area contributed by atoms with Gasteiger partial charge in [0.25, 0.3) is 23.6 Å². The Bertz CT molecular complexity index is 3410. The third-order valence-electron chi connectivity index (χ3n) is 17.0. The first-order chi connectivity index (χ1) is 35.7. The summed E-state index contributed by atoms with van der Waals surface area (Å²) in [5, 5.41) is 24.9. The van der Waals surface area contributed by atoms with E-state index in [2.05, 4.69) is 15.4 Å². The van der Waals surface area contributed by atoms with Crippen LogP contribution in [0.5, 0.6) is 17.2 Å². The molecule has 1 aromatic carbocycles. The molecule has 13 rings (SSSR count). The molecule has 6 heterocycles. The van der Waals surface area contributed by atoms with Crippen LogP contribution in [0.15, 0.2) is 45.1 Å². The normalized spacial score (nSPS) is 28.8. The minimum Gasteiger partial charge on any atom is -0.503 e. The van der Waals surface area contributed by atoms with E-state index in [1.54, 1.807) is 28.1 Å². The second kappa shape index (κ2) is 17.6. The van der Waals surface area contributed by atoms with E-state index in [0.717, 1.165) is 38.5 Å². The van der Waals surface area contributed by atoms with Crippen molar-refractivity contribution in [2.75, 3.05) is 35.4 Å². The highest BCUT2D eigenvalue weighted by Gasteiger charge is 2.61. The van der Waals surface area contributed by atoms with Crippen LogP contribution in [0.25, 0.3) is 0 Å². The molecule has 0 radical (unpaired) electrons. The highest BCUT2D eigenvalue weighted by Crippen LogP contribution is 2.62. The molecular weight excluding hydrogens is 992 g/mol. The average molecular weight is 1040 g/mol. The SMILES string of the molecule is CN1C(=O)c2c(O)c(=O)c(C(=O)NCc3c(F)cc(F)cc3F)cn2[C@H]2[C@@H]3C[C@@H]3C[C@H]21.COC(=O)c1cn2c(c(OC)c1=O)C(=O)N[C@@H]1C[C@H]3C[C@H]3[C@@H]12.COc1c2n(cc(C(=O)O)c1=O)[C@H]1[C@@H]3C[C@@H]3C[C@H]1N(C)C2=O. The van der Waals surface area contributed by atoms with Crippen molar-refractivity contribution in [3.63, 3.8) is 0 Å². The van der Waals surface area contributed by atoms with Gasteiger partial charge in [-0.05, 0) is 74.0 Å². The first-order valence-electron chi connectivity index (χ1n) is 24.4. The van der Waals surface area contributed by atoms with E-state index in [4.69, 9.17) is 9.47 Å². The summed E-state index contributed by atoms with van der Waals surface area (Å²) < 4.78 is 60.6. The molecule has 21 nitrogen and oxygen atoms in total. The van der Waals surface area contributed by atoms with E-state index < -0.39 is 80.9 Å². The average Bonchev–Trinajstić information content (AvgIpc) is 4.34. The summed E-state index contributed by atoms with van der Waals surface area (Å²) in [5.74, 6) is -5.73. The van der Waals surface area contributed by atoms with Crippen LogP contribution in [0, 0.1) is 53.0 Å². The van der Waals surface area contributed by atoms with Crippen LogP contribution in [-0.2, 0) is 11.3 Å². The van der Waals surface area contributed by atoms with Gasteiger partial charge >= 0.3 is 11.9 Å². The Labute approximate surface area is 422 Å². The number of pyridine rings is 3. The fraction of sp³-hybridized carbons (Fsp3) is 0.471. The lowest BCUT2D eigenvalue weighted by Gasteiger charge is -2.40. The Morgan fingerprint density at radius 3 is 1.69 bits per heavy atom. The van der Waals surface area contributed by atoms with Gasteiger partial charge in [0.2, 0.25) is 16.3 Å². The number of benzene rings is 1. The molecule has 12 atom stereocenters. The third kappa shape index (κ3) is 7.59. The molecule has 4 N–H and O–H groups in total. The number of carbonyl (C=O) groups is 6. The summed E-state index contributed by atoms with van der Waals surface area (Å²) in [6.07, 6.45) is 9.92. The molecule has 75 heavy (non-hydrogen) atoms. The monoisotopic (exact) mass is 1040 g/mol. The summed E-state index contributed by atoms with van der Waals surface area (Å²) in [6, 6.07) is 0.957. The maximum atomic E-state index is 13.8. The number of methoxy groups -OCH3 is 3. The van der Waals surface area contributed by atoms with Crippen molar-refractivity contribution in [2.45, 2.75) is 81.3 Å². The van der Waals surface area contributed by atoms with Gasteiger partial charge in [-0.25, -0.2) is 22.8 Å². The van der Waals surface area contributed by atoms with E-state index in [-0.39, 0.29) is 87.8 Å². The highest BCUT2D eigenvalue weighted by molar-refractivity contribution is 6.00. The topological polar surface area (TPSA) is 267 Å². The predicted octanol–water partition coefficient (Wildman–Crippen LogP) is 2.86. The van der Waals surface area contributed by atoms with Crippen molar-refractivity contribution in [1.82, 2.24) is 34.1 Å². The van der Waals surface area contributed by atoms with E-state index in [1.807, 2.05) is 0 Å². The summed E-state index contributed by atoms with van der Waals surface area (Å²) in [7, 11) is 7.21. The fourth-order valence-corrected chi connectivity index (χ4v) is 13.2. The number of esters is 1. The minimum atomic E-state index is -1.30. The van der Waals surface area contributed by atoms with E-state index >= 15 is 0 Å². The van der Waals surface area contributed by atoms with E-state index in [0.29, 0.717) is 47.6 Å². The summed E-state index contributed by atoms with van der Waals surface area (Å²) >= 11 is 0. The van der Waals surface area contributed by atoms with Crippen LogP contribution in [0.3, 0.4) is 0 Å². The fourth-order valence-electron chi connectivity index (χ4n) is 13.2. The first-order valence-corrected chi connectivity index (χ1v) is 24.4. The molecule has 0 unspecified atom stereocenters. The van der Waals surface area contributed by atoms with Crippen molar-refractivity contribution < 1.29 is 66.4 Å². The third-order valence-corrected chi connectivity index (χ3v) is 17.0. The van der Waals surface area contributed by atoms with Gasteiger partial charge < -0.3 is 58.6 Å². The van der Waals surface area contributed by atoms with Gasteiger partial charge in [-0.1, -0.05) is 0 Å². The number of ether oxygens (including phenoxy) is 3. The smallest absolute Gasteiger partial charge is 0.343 e. The van der Waals surface area contributed by atoms with Crippen molar-refractivity contribution in [3.8, 4) is 17.2 Å². The zero-order valence-electron chi connectivity index (χ0n) is 40.9. The number of hydrogen-bond donors (Lipinski definition) is 4. The lowest BCUT2D eigenvalue weighted by atomic mass is 9.99. The van der Waals surface area contributed by atoms with Gasteiger partial charge in [-0.15, -0.1) is 0 Å². The Hall–Kier alpha value is -7.92. The maximum absolute atomic E-state index is 13.8. The Balaban J connectivity index is 0.000000123. The van der Waals surface area contributed by atoms with E-state index in [1.165, 1.54) is 49.4 Å². The number of amides is 4. The second-order valence-electron chi connectivity index (χ2n) is 20.8. The molecule has 0 bridgehead atoms. The molecule has 9 aliphatic rings. The number of rotatable bonds is 7. The molecule has 394 valence electrons. The molecule has 4 amide bonds. The Morgan fingerprint density at radius 1 is 0.653 bits per heavy atom. The highest BCUT2D eigenvalue weighted by atomic mass is 19.1. The molecule has 4 aromatic rings. The molecular formula is C51H50F3N7O14. The van der Waals surface area contributed by atoms with Crippen molar-refractivity contribution >= 4 is 35.6 Å². The van der Waals surface area contributed by atoms with Crippen LogP contribution in [0.1, 0.15) is 125 Å². The van der Waals surface area contributed by atoms with Gasteiger partial charge in [0.05, 0.1) is 57.6 Å². The molecule has 3 aliphatic heterocycles. The number of hydrogen-bond acceptors (Lipinski definition) is 13. The maximum Gasteiger partial charge on any atom is 0.343 e. The Kier molecular flexibility index (Phi) is 11.6. The van der Waals surface area contributed by atoms with Crippen LogP contribution in [0.2, 0.25) is 0 Å². The number of carboxylic acid groups (broad SMARTS) is 1. The lowest BCUT2D eigenvalue weighted by Crippen LogP contribution is -2.49. The van der Waals surface area contributed by atoms with Gasteiger partial charge in [-0.3, -0.25) is 33.6 Å². The van der Waals surface area contributed by atoms with Crippen molar-refractivity contribution in [3.05, 3.63) is 118 Å². The number of carbonyl (C=O) groups excluding carboxylic acids is 5. The van der Waals surface area contributed by atoms with Gasteiger partial charge in [0.15, 0.2) is 34.3 Å². The second-order valence-corrected chi connectivity index (χ2v) is 20.8. The lowest BCUT2D eigenvalue weighted by molar-refractivity contribution is 0.0580. The number of carboxylic acids is 1. The molecule has 6 fully saturated rings. The number of likely N-dealkylation sites (N-methyl/N-ethyl adjacent to an activating group) is 2. The molecule has 0 saturated heterocycles. The van der Waals surface area contributed by atoms with Gasteiger partial charge in [-0.2, -0.15) is 0 Å². The Morgan fingerprint density at radius 2 is 1.13 bits per heavy atom. The van der Waals surface area contributed by atoms with E-state index in [9.17, 15) is 66.5 Å². The number of nitrogens with one attached hydrogen (secondary N) is 2. The minimum absolute atomic E-state index is 0.0373. The standard InChI is InChI=1S/C21H18F3N3O4.2C15H16N2O5/c1-26-15-3-8-2-10(8)16(15)27-7-12(18(28)19(29)17(27)21(26)31)20(30)25-6-11-13(23)4-9(22)5-14(11)24;1-21-13-11-14(19)16-9-4-6-3-7(6)10(9)17(11)5-8(12(13)18)15(20)22-2;1-16-9-4-6-3-7(6)10(9)17-5-8(15(20)21)12(18)13(22-2)11(17)14(16)19/h4-5,7-8,10,15-16,29H,2-3,6H2,1H3,(H,25,30);5-7,9-10H,3-4H2,1-2H3,(H,16,19);5-7,9-10H,3-4H2,1-2H3,(H,20,21)/t8-,10-,15-,16+;2*6-,7-,9-,10+/m111/s1.